The molecular weight excluding hydrogens is 256 g/mol. The summed E-state index contributed by atoms with van der Waals surface area (Å²) in [5.74, 6) is 0. The Morgan fingerprint density at radius 2 is 1.93 bits per heavy atom. The SMILES string of the molecule is Cc1cc(-c2ccsc2)c(C)cc1Br. The Hall–Kier alpha value is -0.600. The third-order valence-corrected chi connectivity index (χ3v) is 3.88. The van der Waals surface area contributed by atoms with Gasteiger partial charge < -0.3 is 0 Å². The molecule has 1 aromatic heterocycles. The van der Waals surface area contributed by atoms with Crippen LogP contribution in [0.4, 0.5) is 0 Å². The van der Waals surface area contributed by atoms with Crippen molar-refractivity contribution in [3.8, 4) is 11.1 Å². The number of hydrogen-bond donors (Lipinski definition) is 0. The summed E-state index contributed by atoms with van der Waals surface area (Å²) in [5, 5.41) is 4.31. The van der Waals surface area contributed by atoms with Gasteiger partial charge in [0.15, 0.2) is 0 Å². The van der Waals surface area contributed by atoms with Gasteiger partial charge in [0, 0.05) is 4.47 Å². The van der Waals surface area contributed by atoms with Crippen molar-refractivity contribution < 1.29 is 0 Å². The molecule has 72 valence electrons. The Morgan fingerprint density at radius 3 is 2.57 bits per heavy atom. The summed E-state index contributed by atoms with van der Waals surface area (Å²) in [6.45, 7) is 4.27. The minimum absolute atomic E-state index is 1.19. The summed E-state index contributed by atoms with van der Waals surface area (Å²) in [6.07, 6.45) is 0. The van der Waals surface area contributed by atoms with Crippen molar-refractivity contribution in [1.82, 2.24) is 0 Å². The van der Waals surface area contributed by atoms with Gasteiger partial charge in [0.2, 0.25) is 0 Å². The molecule has 2 aromatic rings. The lowest BCUT2D eigenvalue weighted by atomic mass is 10.0. The molecule has 0 amide bonds. The molecule has 14 heavy (non-hydrogen) atoms. The van der Waals surface area contributed by atoms with Gasteiger partial charge in [-0.1, -0.05) is 22.0 Å². The molecule has 0 spiro atoms. The van der Waals surface area contributed by atoms with E-state index in [4.69, 9.17) is 0 Å². The zero-order valence-corrected chi connectivity index (χ0v) is 10.6. The van der Waals surface area contributed by atoms with E-state index in [-0.39, 0.29) is 0 Å². The average molecular weight is 267 g/mol. The number of rotatable bonds is 1. The number of benzene rings is 1. The minimum atomic E-state index is 1.19. The highest BCUT2D eigenvalue weighted by Gasteiger charge is 2.04. The average Bonchev–Trinajstić information content (AvgIpc) is 2.64. The Morgan fingerprint density at radius 1 is 1.14 bits per heavy atom. The van der Waals surface area contributed by atoms with Crippen LogP contribution in [0.3, 0.4) is 0 Å². The molecule has 1 heterocycles. The summed E-state index contributed by atoms with van der Waals surface area (Å²) in [6, 6.07) is 6.59. The summed E-state index contributed by atoms with van der Waals surface area (Å²) < 4.78 is 1.19. The highest BCUT2D eigenvalue weighted by molar-refractivity contribution is 9.10. The fourth-order valence-electron chi connectivity index (χ4n) is 1.51. The molecule has 0 aliphatic heterocycles. The van der Waals surface area contributed by atoms with E-state index in [1.807, 2.05) is 0 Å². The van der Waals surface area contributed by atoms with Crippen molar-refractivity contribution in [3.63, 3.8) is 0 Å². The fourth-order valence-corrected chi connectivity index (χ4v) is 2.62. The zero-order chi connectivity index (χ0) is 10.1. The Bertz CT molecular complexity index is 444. The Balaban J connectivity index is 2.60. The third-order valence-electron chi connectivity index (χ3n) is 2.34. The molecule has 0 N–H and O–H groups in total. The molecule has 1 aromatic carbocycles. The van der Waals surface area contributed by atoms with Crippen molar-refractivity contribution in [1.29, 1.82) is 0 Å². The van der Waals surface area contributed by atoms with E-state index in [1.165, 1.54) is 26.7 Å². The largest absolute Gasteiger partial charge is 0.152 e. The minimum Gasteiger partial charge on any atom is -0.152 e. The van der Waals surface area contributed by atoms with Gasteiger partial charge >= 0.3 is 0 Å². The van der Waals surface area contributed by atoms with Crippen molar-refractivity contribution in [2.24, 2.45) is 0 Å². The normalized spacial score (nSPS) is 10.5. The monoisotopic (exact) mass is 266 g/mol. The molecule has 0 saturated carbocycles. The molecule has 0 unspecified atom stereocenters. The van der Waals surface area contributed by atoms with Crippen LogP contribution in [0.15, 0.2) is 33.4 Å². The maximum absolute atomic E-state index is 3.55. The summed E-state index contributed by atoms with van der Waals surface area (Å²) in [7, 11) is 0. The highest BCUT2D eigenvalue weighted by atomic mass is 79.9. The van der Waals surface area contributed by atoms with Crippen molar-refractivity contribution in [3.05, 3.63) is 44.6 Å². The molecule has 0 radical (unpaired) electrons. The van der Waals surface area contributed by atoms with Crippen molar-refractivity contribution >= 4 is 27.3 Å². The van der Waals surface area contributed by atoms with Crippen LogP contribution >= 0.6 is 27.3 Å². The van der Waals surface area contributed by atoms with E-state index in [0.717, 1.165) is 0 Å². The van der Waals surface area contributed by atoms with E-state index in [9.17, 15) is 0 Å². The van der Waals surface area contributed by atoms with Gasteiger partial charge in [-0.15, -0.1) is 0 Å². The van der Waals surface area contributed by atoms with Gasteiger partial charge in [-0.25, -0.2) is 0 Å². The second-order valence-corrected chi connectivity index (χ2v) is 5.06. The van der Waals surface area contributed by atoms with Crippen LogP contribution in [-0.2, 0) is 0 Å². The third kappa shape index (κ3) is 1.77. The lowest BCUT2D eigenvalue weighted by Crippen LogP contribution is -1.84. The van der Waals surface area contributed by atoms with E-state index >= 15 is 0 Å². The zero-order valence-electron chi connectivity index (χ0n) is 8.17. The van der Waals surface area contributed by atoms with Gasteiger partial charge in [-0.3, -0.25) is 0 Å². The van der Waals surface area contributed by atoms with E-state index in [2.05, 4.69) is 58.7 Å². The van der Waals surface area contributed by atoms with Crippen LogP contribution in [0.1, 0.15) is 11.1 Å². The molecule has 2 rings (SSSR count). The van der Waals surface area contributed by atoms with Crippen molar-refractivity contribution in [2.75, 3.05) is 0 Å². The molecule has 0 atom stereocenters. The van der Waals surface area contributed by atoms with E-state index in [1.54, 1.807) is 11.3 Å². The van der Waals surface area contributed by atoms with Crippen LogP contribution in [0.2, 0.25) is 0 Å². The smallest absolute Gasteiger partial charge is 0.0207 e. The van der Waals surface area contributed by atoms with E-state index in [0.29, 0.717) is 0 Å². The lowest BCUT2D eigenvalue weighted by molar-refractivity contribution is 1.37. The van der Waals surface area contributed by atoms with Crippen LogP contribution in [-0.4, -0.2) is 0 Å². The van der Waals surface area contributed by atoms with Gasteiger partial charge in [-0.05, 0) is 59.0 Å². The van der Waals surface area contributed by atoms with Crippen LogP contribution in [0.25, 0.3) is 11.1 Å². The second-order valence-electron chi connectivity index (χ2n) is 3.43. The molecule has 0 aliphatic rings. The van der Waals surface area contributed by atoms with Gasteiger partial charge in [0.1, 0.15) is 0 Å². The molecule has 2 heteroatoms. The Kier molecular flexibility index (Phi) is 2.75. The van der Waals surface area contributed by atoms with Crippen molar-refractivity contribution in [2.45, 2.75) is 13.8 Å². The summed E-state index contributed by atoms with van der Waals surface area (Å²) in [5.41, 5.74) is 5.27. The number of thiophene rings is 1. The van der Waals surface area contributed by atoms with Crippen LogP contribution in [0, 0.1) is 13.8 Å². The number of halogens is 1. The first-order valence-electron chi connectivity index (χ1n) is 4.48. The first-order valence-corrected chi connectivity index (χ1v) is 6.21. The van der Waals surface area contributed by atoms with Gasteiger partial charge in [0.05, 0.1) is 0 Å². The van der Waals surface area contributed by atoms with Crippen LogP contribution < -0.4 is 0 Å². The maximum atomic E-state index is 3.55. The van der Waals surface area contributed by atoms with Gasteiger partial charge in [-0.2, -0.15) is 11.3 Å². The van der Waals surface area contributed by atoms with E-state index < -0.39 is 0 Å². The molecule has 0 saturated heterocycles. The maximum Gasteiger partial charge on any atom is 0.0207 e. The predicted molar refractivity (Wildman–Crippen MR) is 66.9 cm³/mol. The molecular formula is C12H11BrS. The molecule has 0 bridgehead atoms. The predicted octanol–water partition coefficient (Wildman–Crippen LogP) is 4.79. The molecule has 0 fully saturated rings. The van der Waals surface area contributed by atoms with Gasteiger partial charge in [0.25, 0.3) is 0 Å². The first kappa shape index (κ1) is 9.94. The second kappa shape index (κ2) is 3.87. The first-order chi connectivity index (χ1) is 6.68. The quantitative estimate of drug-likeness (QED) is 0.696. The summed E-state index contributed by atoms with van der Waals surface area (Å²) >= 11 is 5.29. The Labute approximate surface area is 96.7 Å². The molecule has 0 aliphatic carbocycles. The number of hydrogen-bond acceptors (Lipinski definition) is 1. The number of aryl methyl sites for hydroxylation is 2. The molecule has 0 nitrogen and oxygen atoms in total. The topological polar surface area (TPSA) is 0 Å². The fraction of sp³-hybridized carbons (Fsp3) is 0.167. The highest BCUT2D eigenvalue weighted by Crippen LogP contribution is 2.30. The lowest BCUT2D eigenvalue weighted by Gasteiger charge is -2.07. The van der Waals surface area contributed by atoms with Crippen LogP contribution in [0.5, 0.6) is 0 Å². The standard InChI is InChI=1S/C12H11BrS/c1-8-6-12(13)9(2)5-11(8)10-3-4-14-7-10/h3-7H,1-2H3. The summed E-state index contributed by atoms with van der Waals surface area (Å²) in [4.78, 5) is 0.